The first kappa shape index (κ1) is 14.1. The molecule has 0 aromatic carbocycles. The molecule has 0 fully saturated rings. The van der Waals surface area contributed by atoms with Gasteiger partial charge >= 0.3 is 0 Å². The number of thiazole rings is 2. The van der Waals surface area contributed by atoms with Crippen LogP contribution in [0.4, 0.5) is 0 Å². The summed E-state index contributed by atoms with van der Waals surface area (Å²) in [7, 11) is 0. The summed E-state index contributed by atoms with van der Waals surface area (Å²) in [6.07, 6.45) is 2.58. The molecule has 0 spiro atoms. The van der Waals surface area contributed by atoms with E-state index in [1.54, 1.807) is 17.5 Å². The van der Waals surface area contributed by atoms with Crippen LogP contribution in [0.15, 0.2) is 17.0 Å². The molecule has 1 amide bonds. The van der Waals surface area contributed by atoms with Crippen molar-refractivity contribution in [2.75, 3.05) is 0 Å². The molecule has 19 heavy (non-hydrogen) atoms. The maximum atomic E-state index is 12.2. The Morgan fingerprint density at radius 2 is 2.21 bits per heavy atom. The van der Waals surface area contributed by atoms with Crippen LogP contribution < -0.4 is 5.32 Å². The quantitative estimate of drug-likeness (QED) is 0.917. The van der Waals surface area contributed by atoms with Crippen LogP contribution in [0.25, 0.3) is 0 Å². The smallest absolute Gasteiger partial charge is 0.280 e. The van der Waals surface area contributed by atoms with Gasteiger partial charge in [0.05, 0.1) is 11.7 Å². The van der Waals surface area contributed by atoms with E-state index in [2.05, 4.69) is 29.1 Å². The first-order chi connectivity index (χ1) is 9.11. The Labute approximate surface area is 120 Å². The second kappa shape index (κ2) is 6.25. The van der Waals surface area contributed by atoms with Crippen molar-refractivity contribution in [3.05, 3.63) is 32.7 Å². The third-order valence-corrected chi connectivity index (χ3v) is 4.52. The summed E-state index contributed by atoms with van der Waals surface area (Å²) < 4.78 is 0. The molecule has 0 saturated heterocycles. The van der Waals surface area contributed by atoms with Gasteiger partial charge in [0.1, 0.15) is 5.01 Å². The summed E-state index contributed by atoms with van der Waals surface area (Å²) in [6, 6.07) is -0.0288. The normalized spacial score (nSPS) is 12.6. The molecule has 6 heteroatoms. The van der Waals surface area contributed by atoms with Gasteiger partial charge in [0.15, 0.2) is 5.01 Å². The number of hydrogen-bond donors (Lipinski definition) is 1. The second-order valence-electron chi connectivity index (χ2n) is 4.54. The fourth-order valence-electron chi connectivity index (χ4n) is 1.62. The molecule has 1 N–H and O–H groups in total. The van der Waals surface area contributed by atoms with Crippen LogP contribution >= 0.6 is 22.7 Å². The standard InChI is InChI=1S/C13H17N3OS2/c1-4-9(12-14-5-6-18-12)15-11(17)13-16-10(7-19-13)8(2)3/h5-9H,4H2,1-3H3,(H,15,17)/t9-/m1/s1. The Morgan fingerprint density at radius 3 is 2.74 bits per heavy atom. The minimum Gasteiger partial charge on any atom is -0.341 e. The number of nitrogens with zero attached hydrogens (tertiary/aromatic N) is 2. The van der Waals surface area contributed by atoms with Crippen LogP contribution in [0.5, 0.6) is 0 Å². The van der Waals surface area contributed by atoms with Gasteiger partial charge in [0.2, 0.25) is 0 Å². The molecule has 0 aliphatic rings. The zero-order valence-electron chi connectivity index (χ0n) is 11.2. The third-order valence-electron chi connectivity index (χ3n) is 2.77. The Kier molecular flexibility index (Phi) is 4.66. The van der Waals surface area contributed by atoms with Crippen molar-refractivity contribution < 1.29 is 4.79 Å². The van der Waals surface area contributed by atoms with Gasteiger partial charge in [0.25, 0.3) is 5.91 Å². The summed E-state index contributed by atoms with van der Waals surface area (Å²) >= 11 is 2.96. The fourth-order valence-corrected chi connectivity index (χ4v) is 3.27. The minimum atomic E-state index is -0.112. The van der Waals surface area contributed by atoms with Gasteiger partial charge in [0, 0.05) is 17.0 Å². The van der Waals surface area contributed by atoms with Crippen molar-refractivity contribution in [3.8, 4) is 0 Å². The summed E-state index contributed by atoms with van der Waals surface area (Å²) in [5.74, 6) is 0.234. The minimum absolute atomic E-state index is 0.0288. The summed E-state index contributed by atoms with van der Waals surface area (Å²) in [6.45, 7) is 6.18. The molecule has 2 aromatic rings. The van der Waals surface area contributed by atoms with E-state index < -0.39 is 0 Å². The highest BCUT2D eigenvalue weighted by molar-refractivity contribution is 7.11. The van der Waals surface area contributed by atoms with Gasteiger partial charge in [-0.15, -0.1) is 22.7 Å². The summed E-state index contributed by atoms with van der Waals surface area (Å²) in [4.78, 5) is 20.8. The van der Waals surface area contributed by atoms with Crippen molar-refractivity contribution in [2.24, 2.45) is 0 Å². The highest BCUT2D eigenvalue weighted by Crippen LogP contribution is 2.21. The average molecular weight is 295 g/mol. The SMILES string of the molecule is CC[C@@H](NC(=O)c1nc(C(C)C)cs1)c1nccs1. The lowest BCUT2D eigenvalue weighted by Crippen LogP contribution is -2.28. The molecule has 0 saturated carbocycles. The van der Waals surface area contributed by atoms with Gasteiger partial charge in [-0.2, -0.15) is 0 Å². The number of nitrogens with one attached hydrogen (secondary N) is 1. The van der Waals surface area contributed by atoms with Gasteiger partial charge in [-0.05, 0) is 12.3 Å². The van der Waals surface area contributed by atoms with Crippen LogP contribution in [0.1, 0.15) is 59.7 Å². The van der Waals surface area contributed by atoms with Crippen LogP contribution in [0.3, 0.4) is 0 Å². The van der Waals surface area contributed by atoms with Crippen molar-refractivity contribution in [1.29, 1.82) is 0 Å². The van der Waals surface area contributed by atoms with Gasteiger partial charge < -0.3 is 5.32 Å². The molecule has 0 bridgehead atoms. The Bertz CT molecular complexity index is 534. The molecule has 0 aliphatic heterocycles. The van der Waals surface area contributed by atoms with E-state index in [4.69, 9.17) is 0 Å². The molecule has 1 atom stereocenters. The largest absolute Gasteiger partial charge is 0.341 e. The first-order valence-electron chi connectivity index (χ1n) is 6.27. The van der Waals surface area contributed by atoms with Crippen LogP contribution in [-0.2, 0) is 0 Å². The zero-order valence-corrected chi connectivity index (χ0v) is 12.8. The van der Waals surface area contributed by atoms with Gasteiger partial charge in [-0.25, -0.2) is 9.97 Å². The van der Waals surface area contributed by atoms with E-state index in [1.807, 2.05) is 17.7 Å². The summed E-state index contributed by atoms with van der Waals surface area (Å²) in [5, 5.41) is 8.33. The van der Waals surface area contributed by atoms with E-state index in [-0.39, 0.29) is 11.9 Å². The molecule has 0 radical (unpaired) electrons. The number of amides is 1. The Morgan fingerprint density at radius 1 is 1.42 bits per heavy atom. The number of rotatable bonds is 5. The number of carbonyl (C=O) groups excluding carboxylic acids is 1. The molecule has 102 valence electrons. The highest BCUT2D eigenvalue weighted by atomic mass is 32.1. The van der Waals surface area contributed by atoms with Crippen LogP contribution in [0, 0.1) is 0 Å². The second-order valence-corrected chi connectivity index (χ2v) is 6.32. The molecule has 2 aromatic heterocycles. The van der Waals surface area contributed by atoms with Gasteiger partial charge in [-0.1, -0.05) is 20.8 Å². The van der Waals surface area contributed by atoms with E-state index in [9.17, 15) is 4.79 Å². The van der Waals surface area contributed by atoms with Crippen molar-refractivity contribution in [3.63, 3.8) is 0 Å². The average Bonchev–Trinajstić information content (AvgIpc) is 3.05. The molecule has 0 aliphatic carbocycles. The predicted octanol–water partition coefficient (Wildman–Crippen LogP) is 3.60. The maximum absolute atomic E-state index is 12.2. The van der Waals surface area contributed by atoms with E-state index in [0.717, 1.165) is 17.1 Å². The first-order valence-corrected chi connectivity index (χ1v) is 8.03. The van der Waals surface area contributed by atoms with Gasteiger partial charge in [-0.3, -0.25) is 4.79 Å². The highest BCUT2D eigenvalue weighted by Gasteiger charge is 2.18. The number of hydrogen-bond acceptors (Lipinski definition) is 5. The molecule has 4 nitrogen and oxygen atoms in total. The molecular formula is C13H17N3OS2. The zero-order chi connectivity index (χ0) is 13.8. The van der Waals surface area contributed by atoms with Crippen molar-refractivity contribution >= 4 is 28.6 Å². The fraction of sp³-hybridized carbons (Fsp3) is 0.462. The van der Waals surface area contributed by atoms with E-state index in [0.29, 0.717) is 10.9 Å². The number of aromatic nitrogens is 2. The third kappa shape index (κ3) is 3.39. The lowest BCUT2D eigenvalue weighted by atomic mass is 10.2. The monoisotopic (exact) mass is 295 g/mol. The number of carbonyl (C=O) groups is 1. The maximum Gasteiger partial charge on any atom is 0.280 e. The molecule has 0 unspecified atom stereocenters. The lowest BCUT2D eigenvalue weighted by Gasteiger charge is -2.13. The molecule has 2 rings (SSSR count). The summed E-state index contributed by atoms with van der Waals surface area (Å²) in [5.41, 5.74) is 0.970. The lowest BCUT2D eigenvalue weighted by molar-refractivity contribution is 0.0935. The predicted molar refractivity (Wildman–Crippen MR) is 78.8 cm³/mol. The molecular weight excluding hydrogens is 278 g/mol. The Hall–Kier alpha value is -1.27. The van der Waals surface area contributed by atoms with Crippen LogP contribution in [-0.4, -0.2) is 15.9 Å². The van der Waals surface area contributed by atoms with E-state index >= 15 is 0 Å². The topological polar surface area (TPSA) is 54.9 Å². The van der Waals surface area contributed by atoms with Crippen molar-refractivity contribution in [2.45, 2.75) is 39.2 Å². The molecule has 2 heterocycles. The van der Waals surface area contributed by atoms with E-state index in [1.165, 1.54) is 11.3 Å². The van der Waals surface area contributed by atoms with Crippen molar-refractivity contribution in [1.82, 2.24) is 15.3 Å². The van der Waals surface area contributed by atoms with Crippen LogP contribution in [0.2, 0.25) is 0 Å². The Balaban J connectivity index is 2.07.